The first-order valence-electron chi connectivity index (χ1n) is 11.2. The molecule has 1 atom stereocenters. The molecule has 10 nitrogen and oxygen atoms in total. The lowest BCUT2D eigenvalue weighted by Crippen LogP contribution is -2.33. The minimum absolute atomic E-state index is 0.0842. The number of hydrogen-bond donors (Lipinski definition) is 1. The molecule has 0 aromatic heterocycles. The molecule has 1 heterocycles. The van der Waals surface area contributed by atoms with Gasteiger partial charge in [0.25, 0.3) is 5.69 Å². The molecule has 10 heteroatoms. The lowest BCUT2D eigenvalue weighted by atomic mass is 9.80. The molecule has 2 aromatic carbocycles. The summed E-state index contributed by atoms with van der Waals surface area (Å²) in [6.07, 6.45) is 0.681. The predicted molar refractivity (Wildman–Crippen MR) is 130 cm³/mol. The van der Waals surface area contributed by atoms with Gasteiger partial charge in [-0.1, -0.05) is 42.5 Å². The van der Waals surface area contributed by atoms with Crippen LogP contribution in [0.15, 0.2) is 77.1 Å². The Balaban J connectivity index is 1.86. The predicted octanol–water partition coefficient (Wildman–Crippen LogP) is 3.20. The molecule has 1 unspecified atom stereocenters. The van der Waals surface area contributed by atoms with Gasteiger partial charge in [-0.3, -0.25) is 14.9 Å². The molecule has 1 amide bonds. The number of allylic oxidation sites excluding steroid dienone is 2. The van der Waals surface area contributed by atoms with Crippen molar-refractivity contribution >= 4 is 24.0 Å². The Hall–Kier alpha value is -4.47. The third-order valence-electron chi connectivity index (χ3n) is 5.79. The summed E-state index contributed by atoms with van der Waals surface area (Å²) in [5, 5.41) is 14.4. The highest BCUT2D eigenvalue weighted by Crippen LogP contribution is 2.40. The average molecular weight is 494 g/mol. The zero-order valence-corrected chi connectivity index (χ0v) is 20.2. The number of benzene rings is 2. The molecule has 3 rings (SSSR count). The van der Waals surface area contributed by atoms with E-state index in [1.54, 1.807) is 19.9 Å². The van der Waals surface area contributed by atoms with E-state index in [2.05, 4.69) is 5.32 Å². The number of nitro benzene ring substituents is 1. The van der Waals surface area contributed by atoms with E-state index in [0.717, 1.165) is 5.56 Å². The van der Waals surface area contributed by atoms with Crippen LogP contribution in [0, 0.1) is 10.1 Å². The Labute approximate surface area is 208 Å². The van der Waals surface area contributed by atoms with Gasteiger partial charge in [0.1, 0.15) is 6.61 Å². The van der Waals surface area contributed by atoms with Gasteiger partial charge in [0.05, 0.1) is 35.6 Å². The number of dihydropyridines is 1. The zero-order chi connectivity index (χ0) is 26.2. The number of rotatable bonds is 10. The Morgan fingerprint density at radius 3 is 2.33 bits per heavy atom. The van der Waals surface area contributed by atoms with Crippen molar-refractivity contribution in [1.82, 2.24) is 10.2 Å². The fourth-order valence-electron chi connectivity index (χ4n) is 4.12. The molecule has 1 aliphatic rings. The topological polar surface area (TPSA) is 128 Å². The van der Waals surface area contributed by atoms with Gasteiger partial charge in [0.15, 0.2) is 0 Å². The van der Waals surface area contributed by atoms with Crippen LogP contribution in [0.1, 0.15) is 30.9 Å². The van der Waals surface area contributed by atoms with Crippen LogP contribution in [0.25, 0.3) is 0 Å². The number of carbonyl (C=O) groups excluding carboxylic acids is 3. The van der Waals surface area contributed by atoms with Crippen LogP contribution in [-0.4, -0.2) is 48.4 Å². The summed E-state index contributed by atoms with van der Waals surface area (Å²) in [5.41, 5.74) is 2.30. The number of esters is 2. The summed E-state index contributed by atoms with van der Waals surface area (Å²) in [6, 6.07) is 15.1. The van der Waals surface area contributed by atoms with E-state index >= 15 is 0 Å². The monoisotopic (exact) mass is 493 g/mol. The lowest BCUT2D eigenvalue weighted by molar-refractivity contribution is -0.384. The molecule has 0 bridgehead atoms. The van der Waals surface area contributed by atoms with Gasteiger partial charge in [-0.25, -0.2) is 9.59 Å². The maximum atomic E-state index is 13.3. The van der Waals surface area contributed by atoms with Crippen molar-refractivity contribution in [2.24, 2.45) is 0 Å². The van der Waals surface area contributed by atoms with Crippen LogP contribution in [0.2, 0.25) is 0 Å². The molecule has 0 saturated carbocycles. The van der Waals surface area contributed by atoms with E-state index < -0.39 is 22.8 Å². The smallest absolute Gasteiger partial charge is 0.336 e. The Morgan fingerprint density at radius 2 is 1.72 bits per heavy atom. The standard InChI is InChI=1S/C26H27N3O7/c1-17-22(25(31)35-3)24(20-10-7-11-21(14-20)29(33)34)23(18(2)27-17)26(32)36-13-12-28(16-30)15-19-8-5-4-6-9-19/h4-11,14,16,24,27H,12-13,15H2,1-3H3. The first-order valence-corrected chi connectivity index (χ1v) is 11.2. The lowest BCUT2D eigenvalue weighted by Gasteiger charge is -2.30. The van der Waals surface area contributed by atoms with Gasteiger partial charge >= 0.3 is 11.9 Å². The molecule has 0 fully saturated rings. The van der Waals surface area contributed by atoms with Crippen molar-refractivity contribution in [2.75, 3.05) is 20.3 Å². The molecule has 188 valence electrons. The molecule has 0 aliphatic carbocycles. The highest BCUT2D eigenvalue weighted by Gasteiger charge is 2.38. The van der Waals surface area contributed by atoms with E-state index in [1.165, 1.54) is 30.2 Å². The molecule has 1 aliphatic heterocycles. The van der Waals surface area contributed by atoms with E-state index in [4.69, 9.17) is 9.47 Å². The fourth-order valence-corrected chi connectivity index (χ4v) is 4.12. The van der Waals surface area contributed by atoms with Gasteiger partial charge in [-0.05, 0) is 25.0 Å². The van der Waals surface area contributed by atoms with Crippen molar-refractivity contribution in [1.29, 1.82) is 0 Å². The second kappa shape index (κ2) is 11.8. The third kappa shape index (κ3) is 5.96. The summed E-state index contributed by atoms with van der Waals surface area (Å²) in [4.78, 5) is 49.8. The van der Waals surface area contributed by atoms with Gasteiger partial charge in [0.2, 0.25) is 6.41 Å². The fraction of sp³-hybridized carbons (Fsp3) is 0.269. The molecular formula is C26H27N3O7. The number of nitro groups is 1. The average Bonchev–Trinajstić information content (AvgIpc) is 2.87. The molecule has 36 heavy (non-hydrogen) atoms. The number of nitrogens with one attached hydrogen (secondary N) is 1. The first kappa shape index (κ1) is 26.1. The van der Waals surface area contributed by atoms with Crippen LogP contribution >= 0.6 is 0 Å². The second-order valence-corrected chi connectivity index (χ2v) is 8.18. The number of carbonyl (C=O) groups is 3. The normalized spacial score (nSPS) is 15.1. The van der Waals surface area contributed by atoms with Crippen LogP contribution < -0.4 is 5.32 Å². The minimum Gasteiger partial charge on any atom is -0.466 e. The molecular weight excluding hydrogens is 466 g/mol. The van der Waals surface area contributed by atoms with E-state index in [1.807, 2.05) is 30.3 Å². The minimum atomic E-state index is -0.947. The van der Waals surface area contributed by atoms with Gasteiger partial charge in [-0.2, -0.15) is 0 Å². The van der Waals surface area contributed by atoms with Crippen molar-refractivity contribution in [3.05, 3.63) is 98.4 Å². The maximum Gasteiger partial charge on any atom is 0.336 e. The highest BCUT2D eigenvalue weighted by molar-refractivity contribution is 5.99. The highest BCUT2D eigenvalue weighted by atomic mass is 16.6. The number of nitrogens with zero attached hydrogens (tertiary/aromatic N) is 2. The number of ether oxygens (including phenoxy) is 2. The maximum absolute atomic E-state index is 13.3. The van der Waals surface area contributed by atoms with Crippen molar-refractivity contribution in [3.8, 4) is 0 Å². The van der Waals surface area contributed by atoms with Crippen molar-refractivity contribution < 1.29 is 28.8 Å². The third-order valence-corrected chi connectivity index (χ3v) is 5.79. The van der Waals surface area contributed by atoms with Crippen molar-refractivity contribution in [3.63, 3.8) is 0 Å². The van der Waals surface area contributed by atoms with Crippen LogP contribution in [0.3, 0.4) is 0 Å². The second-order valence-electron chi connectivity index (χ2n) is 8.18. The summed E-state index contributed by atoms with van der Waals surface area (Å²) in [6.45, 7) is 3.75. The van der Waals surface area contributed by atoms with Gasteiger partial charge < -0.3 is 19.7 Å². The van der Waals surface area contributed by atoms with E-state index in [-0.39, 0.29) is 30.0 Å². The molecule has 1 N–H and O–H groups in total. The quantitative estimate of drug-likeness (QED) is 0.231. The first-order chi connectivity index (χ1) is 17.3. The largest absolute Gasteiger partial charge is 0.466 e. The summed E-state index contributed by atoms with van der Waals surface area (Å²) >= 11 is 0. The Morgan fingerprint density at radius 1 is 1.06 bits per heavy atom. The Bertz CT molecular complexity index is 1220. The summed E-state index contributed by atoms with van der Waals surface area (Å²) < 4.78 is 10.4. The van der Waals surface area contributed by atoms with Crippen molar-refractivity contribution in [2.45, 2.75) is 26.3 Å². The number of hydrogen-bond acceptors (Lipinski definition) is 8. The molecule has 0 saturated heterocycles. The SMILES string of the molecule is COC(=O)C1=C(C)NC(C)=C(C(=O)OCCN(C=O)Cc2ccccc2)C1c1cccc([N+](=O)[O-])c1. The zero-order valence-electron chi connectivity index (χ0n) is 20.2. The summed E-state index contributed by atoms with van der Waals surface area (Å²) in [5.74, 6) is -2.34. The number of amides is 1. The van der Waals surface area contributed by atoms with Crippen LogP contribution in [0.4, 0.5) is 5.69 Å². The van der Waals surface area contributed by atoms with Crippen LogP contribution in [0.5, 0.6) is 0 Å². The summed E-state index contributed by atoms with van der Waals surface area (Å²) in [7, 11) is 1.22. The molecule has 0 spiro atoms. The Kier molecular flexibility index (Phi) is 8.56. The van der Waals surface area contributed by atoms with E-state index in [9.17, 15) is 24.5 Å². The van der Waals surface area contributed by atoms with Gasteiger partial charge in [-0.15, -0.1) is 0 Å². The number of non-ortho nitro benzene ring substituents is 1. The number of methoxy groups -OCH3 is 1. The molecule has 0 radical (unpaired) electrons. The van der Waals surface area contributed by atoms with Gasteiger partial charge in [0, 0.05) is 30.1 Å². The van der Waals surface area contributed by atoms with E-state index in [0.29, 0.717) is 29.9 Å². The molecule has 2 aromatic rings. The van der Waals surface area contributed by atoms with Crippen LogP contribution in [-0.2, 0) is 30.4 Å².